The number of rotatable bonds is 17. The maximum Gasteiger partial charge on any atom is 0.408 e. The molecule has 4 N–H and O–H groups in total. The van der Waals surface area contributed by atoms with Crippen LogP contribution in [0.15, 0.2) is 48.5 Å². The number of alkyl carbamates (subject to hydrolysis) is 2. The first-order chi connectivity index (χ1) is 24.5. The monoisotopic (exact) mass is 748 g/mol. The van der Waals surface area contributed by atoms with Gasteiger partial charge in [-0.25, -0.2) is 18.4 Å². The van der Waals surface area contributed by atoms with Crippen molar-refractivity contribution in [1.29, 1.82) is 0 Å². The van der Waals surface area contributed by atoms with E-state index in [0.717, 1.165) is 30.7 Å². The van der Waals surface area contributed by atoms with Crippen molar-refractivity contribution >= 4 is 30.0 Å². The van der Waals surface area contributed by atoms with E-state index in [4.69, 9.17) is 18.9 Å². The molecule has 0 bridgehead atoms. The third-order valence-electron chi connectivity index (χ3n) is 7.16. The van der Waals surface area contributed by atoms with Gasteiger partial charge in [-0.3, -0.25) is 14.4 Å². The van der Waals surface area contributed by atoms with Crippen LogP contribution in [0.25, 0.3) is 0 Å². The van der Waals surface area contributed by atoms with Crippen molar-refractivity contribution in [2.24, 2.45) is 5.41 Å². The van der Waals surface area contributed by atoms with Crippen LogP contribution in [0.4, 0.5) is 18.4 Å². The summed E-state index contributed by atoms with van der Waals surface area (Å²) in [6, 6.07) is 10.0. The van der Waals surface area contributed by atoms with Crippen molar-refractivity contribution < 1.29 is 51.7 Å². The Kier molecular flexibility index (Phi) is 16.6. The summed E-state index contributed by atoms with van der Waals surface area (Å²) in [5.41, 5.74) is -1.66. The highest BCUT2D eigenvalue weighted by molar-refractivity contribution is 5.85. The van der Waals surface area contributed by atoms with Gasteiger partial charge in [-0.05, 0) is 82.7 Å². The van der Waals surface area contributed by atoms with Crippen LogP contribution in [-0.4, -0.2) is 79.1 Å². The lowest BCUT2D eigenvalue weighted by molar-refractivity contribution is -0.157. The number of hydrogen-bond acceptors (Lipinski definition) is 9. The molecule has 2 aromatic rings. The van der Waals surface area contributed by atoms with Gasteiger partial charge in [-0.2, -0.15) is 0 Å². The minimum absolute atomic E-state index is 0.0119. The molecule has 3 atom stereocenters. The van der Waals surface area contributed by atoms with E-state index in [2.05, 4.69) is 21.3 Å². The average Bonchev–Trinajstić information content (AvgIpc) is 3.01. The highest BCUT2D eigenvalue weighted by Crippen LogP contribution is 2.17. The van der Waals surface area contributed by atoms with Gasteiger partial charge in [-0.1, -0.05) is 44.2 Å². The van der Waals surface area contributed by atoms with Crippen LogP contribution in [-0.2, 0) is 46.4 Å². The van der Waals surface area contributed by atoms with E-state index in [1.54, 1.807) is 55.4 Å². The number of amides is 4. The van der Waals surface area contributed by atoms with Gasteiger partial charge in [0.05, 0.1) is 13.2 Å². The molecule has 0 heterocycles. The maximum atomic E-state index is 14.5. The van der Waals surface area contributed by atoms with E-state index in [1.807, 2.05) is 30.3 Å². The number of ether oxygens (including phenoxy) is 4. The first kappa shape index (κ1) is 44.4. The molecular formula is C38H54F2N4O9. The van der Waals surface area contributed by atoms with Gasteiger partial charge in [0, 0.05) is 32.5 Å². The van der Waals surface area contributed by atoms with Gasteiger partial charge in [0.2, 0.25) is 12.0 Å². The summed E-state index contributed by atoms with van der Waals surface area (Å²) in [5.74, 6) is -3.39. The molecule has 4 amide bonds. The quantitative estimate of drug-likeness (QED) is 0.127. The lowest BCUT2D eigenvalue weighted by Crippen LogP contribution is -2.56. The highest BCUT2D eigenvalue weighted by Gasteiger charge is 2.35. The molecule has 2 aromatic carbocycles. The van der Waals surface area contributed by atoms with E-state index >= 15 is 0 Å². The Bertz CT molecular complexity index is 1540. The van der Waals surface area contributed by atoms with Gasteiger partial charge in [-0.15, -0.1) is 0 Å². The van der Waals surface area contributed by atoms with Crippen LogP contribution in [0.1, 0.15) is 79.9 Å². The molecule has 15 heteroatoms. The second kappa shape index (κ2) is 19.9. The molecule has 53 heavy (non-hydrogen) atoms. The molecule has 0 fully saturated rings. The predicted molar refractivity (Wildman–Crippen MR) is 192 cm³/mol. The topological polar surface area (TPSA) is 170 Å². The molecular weight excluding hydrogens is 694 g/mol. The van der Waals surface area contributed by atoms with Crippen LogP contribution in [0.2, 0.25) is 0 Å². The first-order valence-electron chi connectivity index (χ1n) is 17.3. The average molecular weight is 749 g/mol. The minimum Gasteiger partial charge on any atom is -0.450 e. The predicted octanol–water partition coefficient (Wildman–Crippen LogP) is 5.09. The Hall–Kier alpha value is -4.79. The molecule has 0 aliphatic carbocycles. The number of halogens is 2. The third-order valence-corrected chi connectivity index (χ3v) is 7.16. The number of esters is 1. The van der Waals surface area contributed by atoms with E-state index in [0.29, 0.717) is 0 Å². The summed E-state index contributed by atoms with van der Waals surface area (Å²) in [6.45, 7) is 14.6. The van der Waals surface area contributed by atoms with E-state index in [-0.39, 0.29) is 44.7 Å². The largest absolute Gasteiger partial charge is 0.450 e. The Morgan fingerprint density at radius 3 is 1.94 bits per heavy atom. The van der Waals surface area contributed by atoms with Gasteiger partial charge < -0.3 is 40.2 Å². The summed E-state index contributed by atoms with van der Waals surface area (Å²) in [5, 5.41) is 10.6. The third kappa shape index (κ3) is 18.5. The molecule has 0 saturated carbocycles. The summed E-state index contributed by atoms with van der Waals surface area (Å²) in [7, 11) is 0. The molecule has 2 rings (SSSR count). The zero-order valence-electron chi connectivity index (χ0n) is 32.0. The Labute approximate surface area is 310 Å². The van der Waals surface area contributed by atoms with E-state index in [1.165, 1.54) is 0 Å². The Morgan fingerprint density at radius 1 is 0.774 bits per heavy atom. The van der Waals surface area contributed by atoms with Crippen molar-refractivity contribution in [1.82, 2.24) is 21.3 Å². The zero-order valence-corrected chi connectivity index (χ0v) is 32.0. The van der Waals surface area contributed by atoms with Crippen molar-refractivity contribution in [3.05, 3.63) is 71.3 Å². The molecule has 13 nitrogen and oxygen atoms in total. The van der Waals surface area contributed by atoms with Crippen LogP contribution in [0.3, 0.4) is 0 Å². The number of nitrogens with one attached hydrogen (secondary N) is 4. The van der Waals surface area contributed by atoms with Crippen molar-refractivity contribution in [3.63, 3.8) is 0 Å². The smallest absolute Gasteiger partial charge is 0.408 e. The van der Waals surface area contributed by atoms with Crippen LogP contribution < -0.4 is 21.3 Å². The van der Waals surface area contributed by atoms with Crippen LogP contribution in [0, 0.1) is 17.0 Å². The van der Waals surface area contributed by atoms with Gasteiger partial charge in [0.15, 0.2) is 0 Å². The summed E-state index contributed by atoms with van der Waals surface area (Å²) >= 11 is 0. The molecule has 0 aliphatic heterocycles. The van der Waals surface area contributed by atoms with Crippen LogP contribution in [0.5, 0.6) is 0 Å². The lowest BCUT2D eigenvalue weighted by atomic mass is 9.93. The number of benzene rings is 2. The molecule has 0 aliphatic rings. The number of carbonyl (C=O) groups is 5. The molecule has 0 aromatic heterocycles. The van der Waals surface area contributed by atoms with Crippen molar-refractivity contribution in [3.8, 4) is 0 Å². The van der Waals surface area contributed by atoms with Crippen molar-refractivity contribution in [2.45, 2.75) is 111 Å². The highest BCUT2D eigenvalue weighted by atomic mass is 19.1. The SMILES string of the molecule is CC(=O)O[C@H](C(=O)NCC(C)(C)CNC(=O)CC(Cc1cc(F)ccc1F)NC(=O)OC(C)(C)C)[C@@H](COCc1ccccc1)NC(=O)OC(C)(C)C. The fourth-order valence-corrected chi connectivity index (χ4v) is 4.78. The second-order valence-corrected chi connectivity index (χ2v) is 15.4. The summed E-state index contributed by atoms with van der Waals surface area (Å²) < 4.78 is 50.2. The summed E-state index contributed by atoms with van der Waals surface area (Å²) in [6.07, 6.45) is -3.68. The molecule has 0 saturated heterocycles. The second-order valence-electron chi connectivity index (χ2n) is 15.4. The van der Waals surface area contributed by atoms with E-state index in [9.17, 15) is 32.8 Å². The van der Waals surface area contributed by atoms with Crippen molar-refractivity contribution in [2.75, 3.05) is 19.7 Å². The maximum absolute atomic E-state index is 14.5. The Morgan fingerprint density at radius 2 is 1.36 bits per heavy atom. The minimum atomic E-state index is -1.51. The van der Waals surface area contributed by atoms with E-state index < -0.39 is 76.4 Å². The van der Waals surface area contributed by atoms with Gasteiger partial charge in [0.25, 0.3) is 5.91 Å². The Balaban J connectivity index is 2.12. The fraction of sp³-hybridized carbons (Fsp3) is 0.553. The zero-order chi connectivity index (χ0) is 40.0. The van der Waals surface area contributed by atoms with Gasteiger partial charge >= 0.3 is 18.2 Å². The molecule has 294 valence electrons. The first-order valence-corrected chi connectivity index (χ1v) is 17.3. The number of hydrogen-bond donors (Lipinski definition) is 4. The van der Waals surface area contributed by atoms with Gasteiger partial charge in [0.1, 0.15) is 28.9 Å². The normalized spacial score (nSPS) is 13.5. The summed E-state index contributed by atoms with van der Waals surface area (Å²) in [4.78, 5) is 64.0. The standard InChI is InChI=1S/C38H54F2N4O9/c1-24(45)51-32(30(44-35(49)53-37(5,6)7)21-50-20-25-13-11-10-12-14-25)33(47)42-23-38(8,9)22-41-31(46)19-28(43-34(48)52-36(2,3)4)18-26-17-27(39)15-16-29(26)40/h10-17,28,30,32H,18-23H2,1-9H3,(H,41,46)(H,42,47)(H,43,48)(H,44,49)/t28?,30-,32+/m1/s1. The number of carbonyl (C=O) groups excluding carboxylic acids is 5. The molecule has 0 spiro atoms. The molecule has 0 radical (unpaired) electrons. The van der Waals surface area contributed by atoms with Crippen LogP contribution >= 0.6 is 0 Å². The fourth-order valence-electron chi connectivity index (χ4n) is 4.78. The molecule has 1 unspecified atom stereocenters. The lowest BCUT2D eigenvalue weighted by Gasteiger charge is -2.30.